The smallest absolute Gasteiger partial charge is 0.254 e. The molecule has 1 aromatic carbocycles. The first-order valence-electron chi connectivity index (χ1n) is 5.95. The summed E-state index contributed by atoms with van der Waals surface area (Å²) >= 11 is 0. The maximum Gasteiger partial charge on any atom is 0.254 e. The third-order valence-electron chi connectivity index (χ3n) is 3.60. The van der Waals surface area contributed by atoms with Crippen LogP contribution in [0.25, 0.3) is 0 Å². The number of allylic oxidation sites excluding steroid dienone is 2. The standard InChI is InChI=1S/C15H13NO2/c1-16-13-9-5-4-8-12(13)14(17)10-6-2-3-7-11(10)15(16)18/h2-9,12-13H,1H3. The Balaban J connectivity index is 2.20. The predicted octanol–water partition coefficient (Wildman–Crippen LogP) is 2.07. The molecule has 3 nitrogen and oxygen atoms in total. The van der Waals surface area contributed by atoms with Gasteiger partial charge in [-0.15, -0.1) is 0 Å². The lowest BCUT2D eigenvalue weighted by Crippen LogP contribution is -2.40. The first-order valence-corrected chi connectivity index (χ1v) is 5.95. The fourth-order valence-corrected chi connectivity index (χ4v) is 2.60. The van der Waals surface area contributed by atoms with E-state index in [4.69, 9.17) is 0 Å². The topological polar surface area (TPSA) is 37.4 Å². The average Bonchev–Trinajstić information content (AvgIpc) is 2.51. The van der Waals surface area contributed by atoms with Crippen molar-refractivity contribution < 1.29 is 9.59 Å². The Bertz CT molecular complexity index is 586. The molecule has 0 N–H and O–H groups in total. The number of fused-ring (bicyclic) bond motifs is 2. The molecule has 1 heterocycles. The van der Waals surface area contributed by atoms with Crippen LogP contribution in [0, 0.1) is 5.92 Å². The number of rotatable bonds is 0. The van der Waals surface area contributed by atoms with Crippen LogP contribution >= 0.6 is 0 Å². The highest BCUT2D eigenvalue weighted by atomic mass is 16.2. The minimum absolute atomic E-state index is 0.0221. The molecule has 1 aromatic rings. The number of hydrogen-bond donors (Lipinski definition) is 0. The minimum atomic E-state index is -0.271. The number of nitrogens with zero attached hydrogens (tertiary/aromatic N) is 1. The lowest BCUT2D eigenvalue weighted by molar-refractivity contribution is 0.0731. The molecule has 1 aliphatic carbocycles. The Morgan fingerprint density at radius 3 is 2.44 bits per heavy atom. The van der Waals surface area contributed by atoms with Crippen LogP contribution < -0.4 is 0 Å². The second-order valence-corrected chi connectivity index (χ2v) is 4.61. The normalized spacial score (nSPS) is 25.7. The molecule has 90 valence electrons. The van der Waals surface area contributed by atoms with Gasteiger partial charge in [0.15, 0.2) is 5.78 Å². The van der Waals surface area contributed by atoms with E-state index in [0.717, 1.165) is 0 Å². The third kappa shape index (κ3) is 1.44. The van der Waals surface area contributed by atoms with Crippen LogP contribution in [0.2, 0.25) is 0 Å². The van der Waals surface area contributed by atoms with Crippen LogP contribution in [0.15, 0.2) is 48.6 Å². The van der Waals surface area contributed by atoms with Crippen LogP contribution in [0.5, 0.6) is 0 Å². The molecule has 0 saturated carbocycles. The summed E-state index contributed by atoms with van der Waals surface area (Å²) in [4.78, 5) is 26.5. The van der Waals surface area contributed by atoms with E-state index in [9.17, 15) is 9.59 Å². The van der Waals surface area contributed by atoms with Crippen molar-refractivity contribution in [2.24, 2.45) is 5.92 Å². The summed E-state index contributed by atoms with van der Waals surface area (Å²) in [5, 5.41) is 0. The van der Waals surface area contributed by atoms with Gasteiger partial charge in [-0.25, -0.2) is 0 Å². The molecule has 0 aromatic heterocycles. The largest absolute Gasteiger partial charge is 0.334 e. The lowest BCUT2D eigenvalue weighted by Gasteiger charge is -2.28. The highest BCUT2D eigenvalue weighted by Crippen LogP contribution is 2.29. The van der Waals surface area contributed by atoms with Crippen LogP contribution in [-0.2, 0) is 0 Å². The molecule has 18 heavy (non-hydrogen) atoms. The summed E-state index contributed by atoms with van der Waals surface area (Å²) in [7, 11) is 1.75. The molecular weight excluding hydrogens is 226 g/mol. The Morgan fingerprint density at radius 1 is 1.00 bits per heavy atom. The van der Waals surface area contributed by atoms with E-state index in [1.807, 2.05) is 24.3 Å². The van der Waals surface area contributed by atoms with E-state index in [-0.39, 0.29) is 23.7 Å². The number of Topliss-reactive ketones (excluding diaryl/α,β-unsaturated/α-hetero) is 1. The van der Waals surface area contributed by atoms with Crippen molar-refractivity contribution >= 4 is 11.7 Å². The summed E-state index contributed by atoms with van der Waals surface area (Å²) in [6, 6.07) is 6.86. The van der Waals surface area contributed by atoms with E-state index in [0.29, 0.717) is 11.1 Å². The Labute approximate surface area is 105 Å². The van der Waals surface area contributed by atoms with Gasteiger partial charge in [0.25, 0.3) is 5.91 Å². The SMILES string of the molecule is CN1C(=O)c2ccccc2C(=O)C2C=CC=CC21. The zero-order valence-electron chi connectivity index (χ0n) is 10.0. The van der Waals surface area contributed by atoms with Crippen LogP contribution in [0.1, 0.15) is 20.7 Å². The van der Waals surface area contributed by atoms with E-state index in [1.165, 1.54) is 0 Å². The van der Waals surface area contributed by atoms with Crippen molar-refractivity contribution in [1.29, 1.82) is 0 Å². The second kappa shape index (κ2) is 3.95. The van der Waals surface area contributed by atoms with E-state index >= 15 is 0 Å². The monoisotopic (exact) mass is 239 g/mol. The first kappa shape index (κ1) is 11.0. The molecule has 3 heteroatoms. The first-order chi connectivity index (χ1) is 8.70. The molecule has 0 fully saturated rings. The van der Waals surface area contributed by atoms with Crippen molar-refractivity contribution in [3.8, 4) is 0 Å². The van der Waals surface area contributed by atoms with Gasteiger partial charge < -0.3 is 4.90 Å². The maximum absolute atomic E-state index is 12.5. The number of hydrogen-bond acceptors (Lipinski definition) is 2. The van der Waals surface area contributed by atoms with Gasteiger partial charge in [0, 0.05) is 12.6 Å². The highest BCUT2D eigenvalue weighted by molar-refractivity contribution is 6.11. The van der Waals surface area contributed by atoms with Crippen molar-refractivity contribution in [1.82, 2.24) is 4.90 Å². The second-order valence-electron chi connectivity index (χ2n) is 4.61. The molecule has 0 saturated heterocycles. The molecular formula is C15H13NO2. The lowest BCUT2D eigenvalue weighted by atomic mass is 9.88. The zero-order valence-corrected chi connectivity index (χ0v) is 10.0. The Morgan fingerprint density at radius 2 is 1.67 bits per heavy atom. The van der Waals surface area contributed by atoms with Crippen LogP contribution in [-0.4, -0.2) is 29.7 Å². The van der Waals surface area contributed by atoms with Crippen molar-refractivity contribution in [3.63, 3.8) is 0 Å². The molecule has 2 atom stereocenters. The quantitative estimate of drug-likeness (QED) is 0.695. The molecule has 0 bridgehead atoms. The van der Waals surface area contributed by atoms with E-state index < -0.39 is 0 Å². The van der Waals surface area contributed by atoms with E-state index in [1.54, 1.807) is 36.2 Å². The van der Waals surface area contributed by atoms with Gasteiger partial charge in [-0.3, -0.25) is 9.59 Å². The minimum Gasteiger partial charge on any atom is -0.334 e. The zero-order chi connectivity index (χ0) is 12.7. The number of carbonyl (C=O) groups is 2. The maximum atomic E-state index is 12.5. The summed E-state index contributed by atoms with van der Waals surface area (Å²) in [5.41, 5.74) is 1.03. The van der Waals surface area contributed by atoms with Crippen molar-refractivity contribution in [2.75, 3.05) is 7.05 Å². The molecule has 0 radical (unpaired) electrons. The van der Waals surface area contributed by atoms with E-state index in [2.05, 4.69) is 0 Å². The molecule has 2 aliphatic rings. The van der Waals surface area contributed by atoms with Crippen LogP contribution in [0.4, 0.5) is 0 Å². The Hall–Kier alpha value is -2.16. The molecule has 1 amide bonds. The van der Waals surface area contributed by atoms with Gasteiger partial charge >= 0.3 is 0 Å². The van der Waals surface area contributed by atoms with Gasteiger partial charge in [0.05, 0.1) is 17.5 Å². The average molecular weight is 239 g/mol. The fraction of sp³-hybridized carbons (Fsp3) is 0.200. The Kier molecular flexibility index (Phi) is 2.40. The summed E-state index contributed by atoms with van der Waals surface area (Å²) < 4.78 is 0. The molecule has 1 aliphatic heterocycles. The third-order valence-corrected chi connectivity index (χ3v) is 3.60. The molecule has 2 unspecified atom stereocenters. The summed E-state index contributed by atoms with van der Waals surface area (Å²) in [5.74, 6) is -0.340. The predicted molar refractivity (Wildman–Crippen MR) is 68.4 cm³/mol. The van der Waals surface area contributed by atoms with Gasteiger partial charge in [-0.2, -0.15) is 0 Å². The van der Waals surface area contributed by atoms with Gasteiger partial charge in [-0.05, 0) is 6.07 Å². The molecule has 0 spiro atoms. The van der Waals surface area contributed by atoms with Crippen molar-refractivity contribution in [3.05, 3.63) is 59.7 Å². The number of carbonyl (C=O) groups excluding carboxylic acids is 2. The summed E-state index contributed by atoms with van der Waals surface area (Å²) in [6.45, 7) is 0. The van der Waals surface area contributed by atoms with Gasteiger partial charge in [0.2, 0.25) is 0 Å². The van der Waals surface area contributed by atoms with Gasteiger partial charge in [-0.1, -0.05) is 42.5 Å². The number of benzene rings is 1. The van der Waals surface area contributed by atoms with Gasteiger partial charge in [0.1, 0.15) is 0 Å². The number of amides is 1. The molecule has 3 rings (SSSR count). The number of likely N-dealkylation sites (N-methyl/N-ethyl adjacent to an activating group) is 1. The van der Waals surface area contributed by atoms with Crippen molar-refractivity contribution in [2.45, 2.75) is 6.04 Å². The highest BCUT2D eigenvalue weighted by Gasteiger charge is 2.37. The summed E-state index contributed by atoms with van der Waals surface area (Å²) in [6.07, 6.45) is 7.53. The van der Waals surface area contributed by atoms with Crippen LogP contribution in [0.3, 0.4) is 0 Å². The number of ketones is 1. The fourth-order valence-electron chi connectivity index (χ4n) is 2.60.